The van der Waals surface area contributed by atoms with E-state index in [-0.39, 0.29) is 36.7 Å². The van der Waals surface area contributed by atoms with Crippen LogP contribution in [0.2, 0.25) is 0 Å². The molecule has 1 aromatic heterocycles. The molecule has 0 radical (unpaired) electrons. The third kappa shape index (κ3) is 5.44. The minimum absolute atomic E-state index is 0.000754. The smallest absolute Gasteiger partial charge is 0.407 e. The molecular formula is C30H36N6O5. The van der Waals surface area contributed by atoms with Crippen molar-refractivity contribution < 1.29 is 23.9 Å². The maximum atomic E-state index is 14.1. The average Bonchev–Trinajstić information content (AvgIpc) is 3.53. The monoisotopic (exact) mass is 560 g/mol. The molecule has 216 valence electrons. The topological polar surface area (TPSA) is 137 Å². The Morgan fingerprint density at radius 3 is 2.71 bits per heavy atom. The van der Waals surface area contributed by atoms with E-state index in [0.29, 0.717) is 24.7 Å². The fourth-order valence-corrected chi connectivity index (χ4v) is 6.22. The molecule has 5 rings (SSSR count). The van der Waals surface area contributed by atoms with Crippen molar-refractivity contribution in [1.29, 1.82) is 5.26 Å². The lowest BCUT2D eigenvalue weighted by molar-refractivity contribution is -0.137. The van der Waals surface area contributed by atoms with Gasteiger partial charge in [0.15, 0.2) is 11.6 Å². The summed E-state index contributed by atoms with van der Waals surface area (Å²) in [6.07, 6.45) is 1.82. The first kappa shape index (κ1) is 28.4. The number of nitrogens with zero attached hydrogens (tertiary/aromatic N) is 4. The summed E-state index contributed by atoms with van der Waals surface area (Å²) in [6.45, 7) is 6.73. The van der Waals surface area contributed by atoms with Gasteiger partial charge in [-0.3, -0.25) is 14.5 Å². The van der Waals surface area contributed by atoms with Crippen LogP contribution in [0.15, 0.2) is 48.7 Å². The Balaban J connectivity index is 1.45. The standard InChI is InChI=1S/C30H36N6O5/c1-29(2,3)24(33-28(39)40-4)26(37)36-14-12-21(19-9-6-5-7-10-19)22(36)17-35-18-30(15-20(35)16-31)27(38)34-25-23(41-30)11-8-13-32-25/h5-11,13,20-22,24H,12,14-15,17-18H2,1-4H3,(H,33,39)(H,32,34,38)/t20-,21+,22+,24+,30+/m0/s1. The molecule has 0 bridgehead atoms. The summed E-state index contributed by atoms with van der Waals surface area (Å²) in [5.74, 6) is 0.284. The van der Waals surface area contributed by atoms with Crippen molar-refractivity contribution in [3.8, 4) is 11.8 Å². The fraction of sp³-hybridized carbons (Fsp3) is 0.500. The van der Waals surface area contributed by atoms with Crippen LogP contribution in [-0.4, -0.2) is 83.2 Å². The number of pyridine rings is 1. The van der Waals surface area contributed by atoms with Gasteiger partial charge in [-0.1, -0.05) is 51.1 Å². The largest absolute Gasteiger partial charge is 0.472 e. The molecule has 2 N–H and O–H groups in total. The van der Waals surface area contributed by atoms with E-state index in [4.69, 9.17) is 9.47 Å². The number of rotatable bonds is 5. The van der Waals surface area contributed by atoms with Crippen LogP contribution in [0.3, 0.4) is 0 Å². The molecule has 3 aliphatic rings. The molecule has 2 aromatic rings. The van der Waals surface area contributed by atoms with Crippen molar-refractivity contribution in [2.24, 2.45) is 5.41 Å². The van der Waals surface area contributed by atoms with Crippen LogP contribution in [0, 0.1) is 16.7 Å². The number of carbonyl (C=O) groups is 3. The second kappa shape index (κ2) is 11.0. The number of nitriles is 1. The van der Waals surface area contributed by atoms with Gasteiger partial charge in [-0.15, -0.1) is 0 Å². The molecule has 11 nitrogen and oxygen atoms in total. The summed E-state index contributed by atoms with van der Waals surface area (Å²) in [5, 5.41) is 15.7. The van der Waals surface area contributed by atoms with Crippen molar-refractivity contribution in [1.82, 2.24) is 20.1 Å². The van der Waals surface area contributed by atoms with Crippen LogP contribution >= 0.6 is 0 Å². The highest BCUT2D eigenvalue weighted by atomic mass is 16.5. The van der Waals surface area contributed by atoms with E-state index in [9.17, 15) is 19.6 Å². The molecule has 0 unspecified atom stereocenters. The number of aromatic nitrogens is 1. The lowest BCUT2D eigenvalue weighted by Crippen LogP contribution is -2.58. The number of alkyl carbamates (subject to hydrolysis) is 1. The fourth-order valence-electron chi connectivity index (χ4n) is 6.22. The number of benzene rings is 1. The summed E-state index contributed by atoms with van der Waals surface area (Å²) in [7, 11) is 1.27. The maximum Gasteiger partial charge on any atom is 0.407 e. The molecule has 11 heteroatoms. The molecular weight excluding hydrogens is 524 g/mol. The molecule has 3 aliphatic heterocycles. The predicted octanol–water partition coefficient (Wildman–Crippen LogP) is 2.90. The molecule has 5 atom stereocenters. The van der Waals surface area contributed by atoms with E-state index in [1.54, 1.807) is 18.3 Å². The summed E-state index contributed by atoms with van der Waals surface area (Å²) in [5.41, 5.74) is -0.731. The quantitative estimate of drug-likeness (QED) is 0.570. The maximum absolute atomic E-state index is 14.1. The first-order chi connectivity index (χ1) is 19.6. The van der Waals surface area contributed by atoms with Crippen LogP contribution in [0.25, 0.3) is 0 Å². The van der Waals surface area contributed by atoms with Crippen molar-refractivity contribution in [3.05, 3.63) is 54.2 Å². The van der Waals surface area contributed by atoms with Crippen LogP contribution < -0.4 is 15.4 Å². The van der Waals surface area contributed by atoms with Gasteiger partial charge in [0.25, 0.3) is 5.91 Å². The Kier molecular flexibility index (Phi) is 7.62. The lowest BCUT2D eigenvalue weighted by Gasteiger charge is -2.38. The Morgan fingerprint density at radius 1 is 1.27 bits per heavy atom. The lowest BCUT2D eigenvalue weighted by atomic mass is 9.85. The zero-order chi connectivity index (χ0) is 29.4. The molecule has 2 saturated heterocycles. The number of nitrogens with one attached hydrogen (secondary N) is 2. The summed E-state index contributed by atoms with van der Waals surface area (Å²) in [6, 6.07) is 14.1. The number of hydrogen-bond acceptors (Lipinski definition) is 8. The molecule has 1 spiro atoms. The van der Waals surface area contributed by atoms with Crippen molar-refractivity contribution in [2.75, 3.05) is 32.1 Å². The second-order valence-corrected chi connectivity index (χ2v) is 12.0. The van der Waals surface area contributed by atoms with Gasteiger partial charge in [0.1, 0.15) is 12.1 Å². The molecule has 41 heavy (non-hydrogen) atoms. The van der Waals surface area contributed by atoms with Crippen molar-refractivity contribution in [2.45, 2.75) is 63.3 Å². The summed E-state index contributed by atoms with van der Waals surface area (Å²) < 4.78 is 11.1. The molecule has 1 aromatic carbocycles. The zero-order valence-corrected chi connectivity index (χ0v) is 23.8. The van der Waals surface area contributed by atoms with Gasteiger partial charge in [0.05, 0.1) is 19.2 Å². The average molecular weight is 561 g/mol. The van der Waals surface area contributed by atoms with Gasteiger partial charge in [-0.2, -0.15) is 5.26 Å². The zero-order valence-electron chi connectivity index (χ0n) is 23.8. The number of fused-ring (bicyclic) bond motifs is 1. The van der Waals surface area contributed by atoms with Gasteiger partial charge >= 0.3 is 6.09 Å². The number of carbonyl (C=O) groups excluding carboxylic acids is 3. The number of hydrogen-bond donors (Lipinski definition) is 2. The summed E-state index contributed by atoms with van der Waals surface area (Å²) >= 11 is 0. The van der Waals surface area contributed by atoms with E-state index < -0.39 is 29.2 Å². The summed E-state index contributed by atoms with van der Waals surface area (Å²) in [4.78, 5) is 47.6. The van der Waals surface area contributed by atoms with Gasteiger partial charge in [-0.25, -0.2) is 9.78 Å². The normalized spacial score (nSPS) is 26.5. The SMILES string of the molecule is COC(=O)N[C@H](C(=O)N1CC[C@H](c2ccccc2)[C@H]1CN1C[C@@]2(C[C@H]1C#N)Oc1cccnc1NC2=O)C(C)(C)C. The van der Waals surface area contributed by atoms with Crippen LogP contribution in [0.5, 0.6) is 5.75 Å². The first-order valence-corrected chi connectivity index (χ1v) is 13.9. The molecule has 4 heterocycles. The van der Waals surface area contributed by atoms with E-state index in [2.05, 4.69) is 33.8 Å². The Morgan fingerprint density at radius 2 is 2.02 bits per heavy atom. The Labute approximate surface area is 239 Å². The number of anilines is 1. The molecule has 0 aliphatic carbocycles. The molecule has 2 fully saturated rings. The van der Waals surface area contributed by atoms with Gasteiger partial charge in [0, 0.05) is 38.2 Å². The molecule has 3 amide bonds. The van der Waals surface area contributed by atoms with Crippen molar-refractivity contribution >= 4 is 23.7 Å². The number of methoxy groups -OCH3 is 1. The minimum Gasteiger partial charge on any atom is -0.472 e. The Bertz CT molecular complexity index is 1360. The number of ether oxygens (including phenoxy) is 2. The third-order valence-electron chi connectivity index (χ3n) is 8.33. The highest BCUT2D eigenvalue weighted by Crippen LogP contribution is 2.41. The van der Waals surface area contributed by atoms with E-state index in [1.165, 1.54) is 7.11 Å². The second-order valence-electron chi connectivity index (χ2n) is 12.0. The predicted molar refractivity (Wildman–Crippen MR) is 150 cm³/mol. The van der Waals surface area contributed by atoms with E-state index in [0.717, 1.165) is 12.0 Å². The van der Waals surface area contributed by atoms with Gasteiger partial charge < -0.3 is 25.0 Å². The van der Waals surface area contributed by atoms with E-state index >= 15 is 0 Å². The van der Waals surface area contributed by atoms with Crippen LogP contribution in [-0.2, 0) is 14.3 Å². The minimum atomic E-state index is -1.24. The number of amides is 3. The van der Waals surface area contributed by atoms with Crippen LogP contribution in [0.1, 0.15) is 45.1 Å². The van der Waals surface area contributed by atoms with Crippen LogP contribution in [0.4, 0.5) is 10.6 Å². The van der Waals surface area contributed by atoms with Gasteiger partial charge in [-0.05, 0) is 29.5 Å². The Hall–Kier alpha value is -4.17. The van der Waals surface area contributed by atoms with Gasteiger partial charge in [0.2, 0.25) is 11.5 Å². The highest BCUT2D eigenvalue weighted by molar-refractivity contribution is 6.00. The first-order valence-electron chi connectivity index (χ1n) is 13.9. The van der Waals surface area contributed by atoms with E-state index in [1.807, 2.05) is 48.8 Å². The highest BCUT2D eigenvalue weighted by Gasteiger charge is 2.55. The molecule has 0 saturated carbocycles. The number of likely N-dealkylation sites (tertiary alicyclic amines) is 2. The van der Waals surface area contributed by atoms with Crippen molar-refractivity contribution in [3.63, 3.8) is 0 Å². The third-order valence-corrected chi connectivity index (χ3v) is 8.33.